The molecule has 2 aromatic carbocycles. The molecular weight excluding hydrogens is 411 g/mol. The van der Waals surface area contributed by atoms with Gasteiger partial charge in [0.05, 0.1) is 5.02 Å². The van der Waals surface area contributed by atoms with Crippen LogP contribution in [0, 0.1) is 13.8 Å². The Kier molecular flexibility index (Phi) is 6.56. The first-order chi connectivity index (χ1) is 13.8. The largest absolute Gasteiger partial charge is 0.479 e. The van der Waals surface area contributed by atoms with E-state index >= 15 is 0 Å². The van der Waals surface area contributed by atoms with E-state index in [1.165, 1.54) is 0 Å². The molecule has 150 valence electrons. The molecule has 29 heavy (non-hydrogen) atoms. The van der Waals surface area contributed by atoms with Gasteiger partial charge >= 0.3 is 0 Å². The van der Waals surface area contributed by atoms with Crippen LogP contribution in [0.5, 0.6) is 5.75 Å². The number of nitrogens with one attached hydrogen (secondary N) is 2. The number of hydrogen-bond donors (Lipinski definition) is 2. The summed E-state index contributed by atoms with van der Waals surface area (Å²) in [5, 5.41) is 6.82. The van der Waals surface area contributed by atoms with Crippen molar-refractivity contribution >= 4 is 46.4 Å². The second kappa shape index (κ2) is 9.11. The molecule has 0 fully saturated rings. The number of halogens is 2. The molecule has 1 atom stereocenters. The Balaban J connectivity index is 1.66. The summed E-state index contributed by atoms with van der Waals surface area (Å²) in [5.41, 5.74) is 3.11. The van der Waals surface area contributed by atoms with E-state index in [1.54, 1.807) is 37.3 Å². The minimum atomic E-state index is -0.756. The van der Waals surface area contributed by atoms with Gasteiger partial charge < -0.3 is 15.4 Å². The summed E-state index contributed by atoms with van der Waals surface area (Å²) in [4.78, 5) is 21.2. The van der Waals surface area contributed by atoms with Gasteiger partial charge in [0.1, 0.15) is 5.75 Å². The van der Waals surface area contributed by atoms with Crippen LogP contribution in [0.4, 0.5) is 17.3 Å². The van der Waals surface area contributed by atoms with E-state index in [1.807, 2.05) is 32.0 Å². The van der Waals surface area contributed by atoms with Gasteiger partial charge in [-0.15, -0.1) is 0 Å². The fraction of sp³-hybridized carbons (Fsp3) is 0.190. The molecule has 2 N–H and O–H groups in total. The van der Waals surface area contributed by atoms with Crippen molar-refractivity contribution in [2.45, 2.75) is 26.9 Å². The Bertz CT molecular complexity index is 1020. The quantitative estimate of drug-likeness (QED) is 0.535. The molecule has 1 heterocycles. The van der Waals surface area contributed by atoms with E-state index in [-0.39, 0.29) is 5.91 Å². The number of nitrogens with zero attached hydrogens (tertiary/aromatic N) is 2. The second-order valence-corrected chi connectivity index (χ2v) is 7.35. The molecule has 0 bridgehead atoms. The average Bonchev–Trinajstić information content (AvgIpc) is 2.63. The predicted molar refractivity (Wildman–Crippen MR) is 116 cm³/mol. The molecule has 0 aliphatic carbocycles. The van der Waals surface area contributed by atoms with Gasteiger partial charge in [0, 0.05) is 27.8 Å². The number of benzene rings is 2. The summed E-state index contributed by atoms with van der Waals surface area (Å²) in [5.74, 6) is 0.581. The highest BCUT2D eigenvalue weighted by molar-refractivity contribution is 6.35. The monoisotopic (exact) mass is 430 g/mol. The Labute approximate surface area is 179 Å². The van der Waals surface area contributed by atoms with E-state index in [0.29, 0.717) is 27.4 Å². The third-order valence-electron chi connectivity index (χ3n) is 3.94. The zero-order chi connectivity index (χ0) is 21.0. The number of carbonyl (C=O) groups is 1. The molecule has 0 saturated heterocycles. The van der Waals surface area contributed by atoms with E-state index < -0.39 is 6.10 Å². The number of ether oxygens (including phenoxy) is 1. The molecule has 8 heteroatoms. The molecular formula is C21H20Cl2N4O2. The van der Waals surface area contributed by atoms with Crippen LogP contribution in [0.1, 0.15) is 18.3 Å². The normalized spacial score (nSPS) is 11.6. The fourth-order valence-electron chi connectivity index (χ4n) is 2.64. The van der Waals surface area contributed by atoms with Gasteiger partial charge in [0.25, 0.3) is 5.91 Å². The second-order valence-electron chi connectivity index (χ2n) is 6.50. The number of aromatic nitrogens is 2. The molecule has 0 aliphatic heterocycles. The van der Waals surface area contributed by atoms with Gasteiger partial charge in [-0.25, -0.2) is 9.97 Å². The molecule has 1 unspecified atom stereocenters. The lowest BCUT2D eigenvalue weighted by Gasteiger charge is -2.16. The molecule has 1 aromatic heterocycles. The van der Waals surface area contributed by atoms with Crippen molar-refractivity contribution < 1.29 is 9.53 Å². The van der Waals surface area contributed by atoms with Crippen molar-refractivity contribution in [2.24, 2.45) is 0 Å². The number of rotatable bonds is 6. The Morgan fingerprint density at radius 3 is 2.38 bits per heavy atom. The van der Waals surface area contributed by atoms with Crippen LogP contribution in [0.3, 0.4) is 0 Å². The van der Waals surface area contributed by atoms with Gasteiger partial charge in [-0.1, -0.05) is 29.3 Å². The summed E-state index contributed by atoms with van der Waals surface area (Å²) >= 11 is 12.0. The molecule has 0 saturated carbocycles. The molecule has 0 aliphatic rings. The highest BCUT2D eigenvalue weighted by atomic mass is 35.5. The van der Waals surface area contributed by atoms with Crippen molar-refractivity contribution in [3.05, 3.63) is 70.0 Å². The van der Waals surface area contributed by atoms with Crippen LogP contribution >= 0.6 is 23.2 Å². The highest BCUT2D eigenvalue weighted by Crippen LogP contribution is 2.28. The molecule has 1 amide bonds. The van der Waals surface area contributed by atoms with Crippen molar-refractivity contribution in [3.63, 3.8) is 0 Å². The van der Waals surface area contributed by atoms with Crippen LogP contribution < -0.4 is 15.4 Å². The maximum absolute atomic E-state index is 12.5. The molecule has 3 aromatic rings. The highest BCUT2D eigenvalue weighted by Gasteiger charge is 2.17. The predicted octanol–water partition coefficient (Wildman–Crippen LogP) is 5.55. The Hall–Kier alpha value is -2.83. The molecule has 0 spiro atoms. The minimum absolute atomic E-state index is 0.309. The minimum Gasteiger partial charge on any atom is -0.479 e. The summed E-state index contributed by atoms with van der Waals surface area (Å²) < 4.78 is 5.65. The van der Waals surface area contributed by atoms with Gasteiger partial charge in [0.15, 0.2) is 6.10 Å². The lowest BCUT2D eigenvalue weighted by atomic mass is 10.2. The first-order valence-corrected chi connectivity index (χ1v) is 9.68. The van der Waals surface area contributed by atoms with E-state index in [0.717, 1.165) is 17.1 Å². The number of anilines is 3. The zero-order valence-corrected chi connectivity index (χ0v) is 17.7. The van der Waals surface area contributed by atoms with E-state index in [9.17, 15) is 4.79 Å². The topological polar surface area (TPSA) is 76.1 Å². The third kappa shape index (κ3) is 5.82. The van der Waals surface area contributed by atoms with Crippen molar-refractivity contribution in [1.82, 2.24) is 9.97 Å². The summed E-state index contributed by atoms with van der Waals surface area (Å²) in [6, 6.07) is 14.0. The third-order valence-corrected chi connectivity index (χ3v) is 4.47. The standard InChI is InChI=1S/C21H20Cl2N4O2/c1-12-9-13(2)25-21(24-12)27-17-6-4-5-16(11-17)26-20(28)14(3)29-19-8-7-15(22)10-18(19)23/h4-11,14H,1-3H3,(H,26,28)(H,24,25,27). The smallest absolute Gasteiger partial charge is 0.265 e. The number of hydrogen-bond acceptors (Lipinski definition) is 5. The zero-order valence-electron chi connectivity index (χ0n) is 16.2. The number of aryl methyl sites for hydroxylation is 2. The van der Waals surface area contributed by atoms with Crippen LogP contribution in [0.15, 0.2) is 48.5 Å². The van der Waals surface area contributed by atoms with Crippen molar-refractivity contribution in [2.75, 3.05) is 10.6 Å². The maximum Gasteiger partial charge on any atom is 0.265 e. The van der Waals surface area contributed by atoms with Gasteiger partial charge in [-0.2, -0.15) is 0 Å². The van der Waals surface area contributed by atoms with Gasteiger partial charge in [-0.05, 0) is 63.2 Å². The summed E-state index contributed by atoms with van der Waals surface area (Å²) in [6.07, 6.45) is -0.756. The molecule has 0 radical (unpaired) electrons. The van der Waals surface area contributed by atoms with Gasteiger partial charge in [-0.3, -0.25) is 4.79 Å². The number of carbonyl (C=O) groups excluding carboxylic acids is 1. The average molecular weight is 431 g/mol. The summed E-state index contributed by atoms with van der Waals surface area (Å²) in [6.45, 7) is 5.46. The molecule has 6 nitrogen and oxygen atoms in total. The van der Waals surface area contributed by atoms with Gasteiger partial charge in [0.2, 0.25) is 5.95 Å². The first-order valence-electron chi connectivity index (χ1n) is 8.92. The molecule has 3 rings (SSSR count). The Morgan fingerprint density at radius 2 is 1.69 bits per heavy atom. The van der Waals surface area contributed by atoms with Crippen molar-refractivity contribution in [1.29, 1.82) is 0 Å². The van der Waals surface area contributed by atoms with Crippen LogP contribution in [-0.2, 0) is 4.79 Å². The summed E-state index contributed by atoms with van der Waals surface area (Å²) in [7, 11) is 0. The first kappa shape index (κ1) is 20.9. The van der Waals surface area contributed by atoms with Crippen LogP contribution in [-0.4, -0.2) is 22.0 Å². The lowest BCUT2D eigenvalue weighted by Crippen LogP contribution is -2.30. The SMILES string of the molecule is Cc1cc(C)nc(Nc2cccc(NC(=O)C(C)Oc3ccc(Cl)cc3Cl)c2)n1. The van der Waals surface area contributed by atoms with E-state index in [2.05, 4.69) is 20.6 Å². The Morgan fingerprint density at radius 1 is 1.00 bits per heavy atom. The number of amides is 1. The van der Waals surface area contributed by atoms with Crippen molar-refractivity contribution in [3.8, 4) is 5.75 Å². The fourth-order valence-corrected chi connectivity index (χ4v) is 3.10. The van der Waals surface area contributed by atoms with Crippen LogP contribution in [0.2, 0.25) is 10.0 Å². The lowest BCUT2D eigenvalue weighted by molar-refractivity contribution is -0.122. The van der Waals surface area contributed by atoms with E-state index in [4.69, 9.17) is 27.9 Å². The van der Waals surface area contributed by atoms with Crippen LogP contribution in [0.25, 0.3) is 0 Å². The maximum atomic E-state index is 12.5.